The molecule has 1 heterocycles. The van der Waals surface area contributed by atoms with Gasteiger partial charge in [0.25, 0.3) is 0 Å². The van der Waals surface area contributed by atoms with E-state index in [0.29, 0.717) is 5.95 Å². The van der Waals surface area contributed by atoms with Crippen molar-refractivity contribution in [2.75, 3.05) is 23.9 Å². The standard InChI is InChI=1S/C30H33FN6O/c1-36(2)28-26-13-6-7-14-27(26)34-29(35-28)37(24-11-4-3-5-12-24)25-17-15-23(16-18-25)33-30(38)32-20-21-9-8-10-22(31)19-21/h3-14,19,23,25H,15-18,20H2,1-2H3,(H2,32,33,38)/t23-,25+. The molecule has 0 atom stereocenters. The number of carbonyl (C=O) groups excluding carboxylic acids is 1. The van der Waals surface area contributed by atoms with E-state index in [-0.39, 0.29) is 30.5 Å². The summed E-state index contributed by atoms with van der Waals surface area (Å²) in [6, 6.07) is 24.7. The van der Waals surface area contributed by atoms with Gasteiger partial charge in [-0.25, -0.2) is 14.2 Å². The number of amides is 2. The highest BCUT2D eigenvalue weighted by atomic mass is 19.1. The van der Waals surface area contributed by atoms with Crippen LogP contribution in [0.1, 0.15) is 31.2 Å². The molecule has 5 rings (SSSR count). The van der Waals surface area contributed by atoms with Crippen LogP contribution in [0.3, 0.4) is 0 Å². The Morgan fingerprint density at radius 1 is 0.921 bits per heavy atom. The Bertz CT molecular complexity index is 1390. The summed E-state index contributed by atoms with van der Waals surface area (Å²) in [6.45, 7) is 0.286. The van der Waals surface area contributed by atoms with Crippen LogP contribution in [0, 0.1) is 5.82 Å². The number of hydrogen-bond acceptors (Lipinski definition) is 5. The molecule has 38 heavy (non-hydrogen) atoms. The number of carbonyl (C=O) groups is 1. The van der Waals surface area contributed by atoms with Gasteiger partial charge in [0, 0.05) is 43.8 Å². The molecule has 1 fully saturated rings. The molecule has 8 heteroatoms. The Morgan fingerprint density at radius 2 is 1.66 bits per heavy atom. The summed E-state index contributed by atoms with van der Waals surface area (Å²) >= 11 is 0. The third kappa shape index (κ3) is 5.85. The molecule has 1 saturated carbocycles. The number of para-hydroxylation sites is 2. The molecular weight excluding hydrogens is 479 g/mol. The van der Waals surface area contributed by atoms with Gasteiger partial charge in [-0.1, -0.05) is 42.5 Å². The summed E-state index contributed by atoms with van der Waals surface area (Å²) in [5.74, 6) is 1.26. The Kier molecular flexibility index (Phi) is 7.67. The van der Waals surface area contributed by atoms with Crippen LogP contribution in [0.4, 0.5) is 26.6 Å². The lowest BCUT2D eigenvalue weighted by Gasteiger charge is -2.37. The maximum atomic E-state index is 13.4. The first-order valence-corrected chi connectivity index (χ1v) is 13.0. The minimum absolute atomic E-state index is 0.0752. The second-order valence-electron chi connectivity index (χ2n) is 9.93. The summed E-state index contributed by atoms with van der Waals surface area (Å²) in [6.07, 6.45) is 3.46. The zero-order valence-corrected chi connectivity index (χ0v) is 21.8. The first kappa shape index (κ1) is 25.4. The lowest BCUT2D eigenvalue weighted by Crippen LogP contribution is -2.46. The first-order chi connectivity index (χ1) is 18.5. The van der Waals surface area contributed by atoms with Crippen molar-refractivity contribution in [3.8, 4) is 0 Å². The fourth-order valence-electron chi connectivity index (χ4n) is 5.12. The van der Waals surface area contributed by atoms with Crippen molar-refractivity contribution in [2.24, 2.45) is 0 Å². The molecule has 2 N–H and O–H groups in total. The Labute approximate surface area is 222 Å². The van der Waals surface area contributed by atoms with Gasteiger partial charge in [-0.3, -0.25) is 0 Å². The molecule has 3 aromatic carbocycles. The van der Waals surface area contributed by atoms with Gasteiger partial charge in [0.2, 0.25) is 5.95 Å². The molecule has 0 unspecified atom stereocenters. The zero-order valence-electron chi connectivity index (χ0n) is 21.8. The third-order valence-electron chi connectivity index (χ3n) is 6.98. The van der Waals surface area contributed by atoms with Gasteiger partial charge in [-0.05, 0) is 67.6 Å². The van der Waals surface area contributed by atoms with Gasteiger partial charge in [0.15, 0.2) is 0 Å². The van der Waals surface area contributed by atoms with Gasteiger partial charge in [-0.15, -0.1) is 0 Å². The summed E-state index contributed by atoms with van der Waals surface area (Å²) < 4.78 is 13.4. The van der Waals surface area contributed by atoms with Crippen LogP contribution in [0.25, 0.3) is 10.9 Å². The van der Waals surface area contributed by atoms with Gasteiger partial charge < -0.3 is 20.4 Å². The van der Waals surface area contributed by atoms with Crippen molar-refractivity contribution in [2.45, 2.75) is 44.3 Å². The van der Waals surface area contributed by atoms with Crippen LogP contribution >= 0.6 is 0 Å². The monoisotopic (exact) mass is 512 g/mol. The topological polar surface area (TPSA) is 73.4 Å². The fraction of sp³-hybridized carbons (Fsp3) is 0.300. The molecule has 7 nitrogen and oxygen atoms in total. The average molecular weight is 513 g/mol. The highest BCUT2D eigenvalue weighted by Crippen LogP contribution is 2.35. The summed E-state index contributed by atoms with van der Waals surface area (Å²) in [5, 5.41) is 6.95. The number of nitrogens with one attached hydrogen (secondary N) is 2. The average Bonchev–Trinajstić information content (AvgIpc) is 2.93. The van der Waals surface area contributed by atoms with E-state index < -0.39 is 0 Å². The zero-order chi connectivity index (χ0) is 26.5. The second kappa shape index (κ2) is 11.5. The van der Waals surface area contributed by atoms with Crippen LogP contribution in [-0.2, 0) is 6.54 Å². The molecule has 1 aromatic heterocycles. The number of hydrogen-bond donors (Lipinski definition) is 2. The largest absolute Gasteiger partial charge is 0.362 e. The molecule has 4 aromatic rings. The molecule has 0 aliphatic heterocycles. The molecule has 0 radical (unpaired) electrons. The highest BCUT2D eigenvalue weighted by Gasteiger charge is 2.30. The number of nitrogens with zero attached hydrogens (tertiary/aromatic N) is 4. The maximum absolute atomic E-state index is 13.4. The fourth-order valence-corrected chi connectivity index (χ4v) is 5.12. The van der Waals surface area contributed by atoms with E-state index in [4.69, 9.17) is 9.97 Å². The summed E-state index contributed by atoms with van der Waals surface area (Å²) in [5.41, 5.74) is 2.69. The molecule has 2 amide bonds. The van der Waals surface area contributed by atoms with E-state index in [2.05, 4.69) is 33.7 Å². The number of fused-ring (bicyclic) bond motifs is 1. The molecule has 0 saturated heterocycles. The van der Waals surface area contributed by atoms with E-state index >= 15 is 0 Å². The summed E-state index contributed by atoms with van der Waals surface area (Å²) in [4.78, 5) is 26.8. The number of rotatable bonds is 7. The number of aromatic nitrogens is 2. The van der Waals surface area contributed by atoms with E-state index in [9.17, 15) is 9.18 Å². The van der Waals surface area contributed by atoms with Crippen molar-refractivity contribution in [3.05, 3.63) is 90.2 Å². The lowest BCUT2D eigenvalue weighted by molar-refractivity contribution is 0.230. The van der Waals surface area contributed by atoms with Crippen molar-refractivity contribution in [3.63, 3.8) is 0 Å². The van der Waals surface area contributed by atoms with Crippen molar-refractivity contribution < 1.29 is 9.18 Å². The minimum atomic E-state index is -0.306. The van der Waals surface area contributed by atoms with Gasteiger partial charge in [0.05, 0.1) is 5.52 Å². The van der Waals surface area contributed by atoms with Crippen molar-refractivity contribution in [1.82, 2.24) is 20.6 Å². The second-order valence-corrected chi connectivity index (χ2v) is 9.93. The van der Waals surface area contributed by atoms with Crippen molar-refractivity contribution in [1.29, 1.82) is 0 Å². The lowest BCUT2D eigenvalue weighted by atomic mass is 9.90. The third-order valence-corrected chi connectivity index (χ3v) is 6.98. The molecule has 1 aliphatic rings. The Hall–Kier alpha value is -4.20. The minimum Gasteiger partial charge on any atom is -0.362 e. The van der Waals surface area contributed by atoms with Crippen LogP contribution in [0.5, 0.6) is 0 Å². The van der Waals surface area contributed by atoms with E-state index in [1.165, 1.54) is 12.1 Å². The van der Waals surface area contributed by atoms with Gasteiger partial charge in [0.1, 0.15) is 11.6 Å². The van der Waals surface area contributed by atoms with Gasteiger partial charge in [-0.2, -0.15) is 4.98 Å². The Balaban J connectivity index is 1.30. The number of benzene rings is 3. The maximum Gasteiger partial charge on any atom is 0.315 e. The normalized spacial score (nSPS) is 17.1. The molecular formula is C30H33FN6O. The SMILES string of the molecule is CN(C)c1nc(N(c2ccccc2)[C@H]2CC[C@@H](NC(=O)NCc3cccc(F)c3)CC2)nc2ccccc12. The van der Waals surface area contributed by atoms with Gasteiger partial charge >= 0.3 is 6.03 Å². The van der Waals surface area contributed by atoms with E-state index in [0.717, 1.165) is 53.7 Å². The molecule has 196 valence electrons. The predicted octanol–water partition coefficient (Wildman–Crippen LogP) is 5.78. The van der Waals surface area contributed by atoms with E-state index in [1.54, 1.807) is 12.1 Å². The van der Waals surface area contributed by atoms with E-state index in [1.807, 2.05) is 55.4 Å². The van der Waals surface area contributed by atoms with Crippen LogP contribution in [0.15, 0.2) is 78.9 Å². The smallest absolute Gasteiger partial charge is 0.315 e. The summed E-state index contributed by atoms with van der Waals surface area (Å²) in [7, 11) is 4.00. The quantitative estimate of drug-likeness (QED) is 0.328. The number of halogens is 1. The molecule has 0 spiro atoms. The number of urea groups is 1. The first-order valence-electron chi connectivity index (χ1n) is 13.0. The predicted molar refractivity (Wildman–Crippen MR) is 150 cm³/mol. The highest BCUT2D eigenvalue weighted by molar-refractivity contribution is 5.90. The van der Waals surface area contributed by atoms with Crippen molar-refractivity contribution >= 4 is 34.4 Å². The number of anilines is 3. The van der Waals surface area contributed by atoms with Crippen LogP contribution < -0.4 is 20.4 Å². The van der Waals surface area contributed by atoms with Crippen LogP contribution in [0.2, 0.25) is 0 Å². The Morgan fingerprint density at radius 3 is 2.39 bits per heavy atom. The molecule has 1 aliphatic carbocycles. The molecule has 0 bridgehead atoms. The van der Waals surface area contributed by atoms with Crippen LogP contribution in [-0.4, -0.2) is 42.2 Å².